The summed E-state index contributed by atoms with van der Waals surface area (Å²) >= 11 is 0. The molecule has 1 aliphatic rings. The van der Waals surface area contributed by atoms with Crippen LogP contribution in [-0.4, -0.2) is 108 Å². The van der Waals surface area contributed by atoms with Gasteiger partial charge in [-0.05, 0) is 0 Å². The molecule has 1 aliphatic heterocycles. The van der Waals surface area contributed by atoms with Crippen molar-refractivity contribution in [2.45, 2.75) is 0 Å². The Balaban J connectivity index is 1.78. The molecular formula is C17H31N2O6+. The van der Waals surface area contributed by atoms with Crippen LogP contribution in [0.3, 0.4) is 0 Å². The maximum Gasteiger partial charge on any atom is 0.253 e. The number of likely N-dealkylation sites (N-methyl/N-ethyl adjacent to an activating group) is 1. The Morgan fingerprint density at radius 3 is 1.56 bits per heavy atom. The molecule has 144 valence electrons. The summed E-state index contributed by atoms with van der Waals surface area (Å²) in [5.74, 6) is -0.577. The predicted octanol–water partition coefficient (Wildman–Crippen LogP) is -0.316. The van der Waals surface area contributed by atoms with Crippen LogP contribution < -0.4 is 0 Å². The van der Waals surface area contributed by atoms with Crippen LogP contribution in [-0.2, 0) is 28.5 Å². The van der Waals surface area contributed by atoms with Crippen molar-refractivity contribution >= 4 is 11.8 Å². The summed E-state index contributed by atoms with van der Waals surface area (Å²) in [4.78, 5) is 23.7. The predicted molar refractivity (Wildman–Crippen MR) is 92.0 cm³/mol. The van der Waals surface area contributed by atoms with E-state index in [1.165, 1.54) is 12.2 Å². The van der Waals surface area contributed by atoms with Gasteiger partial charge in [-0.25, -0.2) is 0 Å². The molecule has 0 aromatic heterocycles. The van der Waals surface area contributed by atoms with Gasteiger partial charge >= 0.3 is 0 Å². The summed E-state index contributed by atoms with van der Waals surface area (Å²) < 4.78 is 22.5. The third-order valence-electron chi connectivity index (χ3n) is 3.38. The van der Waals surface area contributed by atoms with Crippen molar-refractivity contribution in [1.29, 1.82) is 0 Å². The largest absolute Gasteiger partial charge is 0.377 e. The fourth-order valence-electron chi connectivity index (χ4n) is 1.91. The van der Waals surface area contributed by atoms with E-state index in [0.29, 0.717) is 46.2 Å². The highest BCUT2D eigenvalue weighted by molar-refractivity contribution is 6.12. The van der Waals surface area contributed by atoms with Crippen LogP contribution in [0, 0.1) is 0 Å². The standard InChI is InChI=1S/C17H31N2O6/c1-19(2,3)7-9-23-11-13-25-15-14-24-12-10-22-8-6-18-16(20)4-5-17(18)21/h4-5H,6-15H2,1-3H3/q+1. The Morgan fingerprint density at radius 1 is 0.720 bits per heavy atom. The molecule has 0 spiro atoms. The van der Waals surface area contributed by atoms with E-state index in [1.54, 1.807) is 0 Å². The number of carbonyl (C=O) groups is 2. The SMILES string of the molecule is C[N+](C)(C)CCOCCOCCOCCOCCN1C(=O)C=CC1=O. The van der Waals surface area contributed by atoms with Crippen LogP contribution >= 0.6 is 0 Å². The van der Waals surface area contributed by atoms with Gasteiger partial charge in [0.2, 0.25) is 0 Å². The van der Waals surface area contributed by atoms with E-state index >= 15 is 0 Å². The van der Waals surface area contributed by atoms with Crippen molar-refractivity contribution in [2.75, 3.05) is 87.1 Å². The zero-order chi connectivity index (χ0) is 18.5. The lowest BCUT2D eigenvalue weighted by Gasteiger charge is -2.23. The van der Waals surface area contributed by atoms with Gasteiger partial charge in [0.25, 0.3) is 11.8 Å². The van der Waals surface area contributed by atoms with Gasteiger partial charge in [0.1, 0.15) is 6.54 Å². The van der Waals surface area contributed by atoms with Crippen molar-refractivity contribution in [3.8, 4) is 0 Å². The van der Waals surface area contributed by atoms with Crippen molar-refractivity contribution in [1.82, 2.24) is 4.90 Å². The average molecular weight is 359 g/mol. The van der Waals surface area contributed by atoms with Crippen molar-refractivity contribution in [3.05, 3.63) is 12.2 Å². The number of imide groups is 1. The molecule has 8 nitrogen and oxygen atoms in total. The number of ether oxygens (including phenoxy) is 4. The topological polar surface area (TPSA) is 74.3 Å². The third kappa shape index (κ3) is 11.0. The zero-order valence-electron chi connectivity index (χ0n) is 15.6. The van der Waals surface area contributed by atoms with E-state index < -0.39 is 0 Å². The van der Waals surface area contributed by atoms with E-state index in [-0.39, 0.29) is 18.4 Å². The Kier molecular flexibility index (Phi) is 10.5. The number of hydrogen-bond acceptors (Lipinski definition) is 6. The molecule has 0 atom stereocenters. The van der Waals surface area contributed by atoms with Gasteiger partial charge in [-0.1, -0.05) is 0 Å². The van der Waals surface area contributed by atoms with E-state index in [0.717, 1.165) is 22.5 Å². The molecule has 2 amide bonds. The second-order valence-corrected chi connectivity index (χ2v) is 6.62. The molecule has 0 fully saturated rings. The summed E-state index contributed by atoms with van der Waals surface area (Å²) in [6.45, 7) is 5.29. The maximum absolute atomic E-state index is 11.3. The van der Waals surface area contributed by atoms with Crippen LogP contribution in [0.1, 0.15) is 0 Å². The highest BCUT2D eigenvalue weighted by atomic mass is 16.6. The maximum atomic E-state index is 11.3. The van der Waals surface area contributed by atoms with Crippen molar-refractivity contribution in [3.63, 3.8) is 0 Å². The zero-order valence-corrected chi connectivity index (χ0v) is 15.6. The number of rotatable bonds is 15. The Hall–Kier alpha value is -1.32. The smallest absolute Gasteiger partial charge is 0.253 e. The molecule has 8 heteroatoms. The molecular weight excluding hydrogens is 328 g/mol. The van der Waals surface area contributed by atoms with Crippen LogP contribution in [0.15, 0.2) is 12.2 Å². The van der Waals surface area contributed by atoms with Gasteiger partial charge in [-0.15, -0.1) is 0 Å². The average Bonchev–Trinajstić information content (AvgIpc) is 2.85. The van der Waals surface area contributed by atoms with Crippen LogP contribution in [0.25, 0.3) is 0 Å². The van der Waals surface area contributed by atoms with Crippen molar-refractivity contribution in [2.24, 2.45) is 0 Å². The minimum absolute atomic E-state index is 0.266. The van der Waals surface area contributed by atoms with Gasteiger partial charge in [0.15, 0.2) is 0 Å². The van der Waals surface area contributed by atoms with Crippen molar-refractivity contribution < 1.29 is 33.0 Å². The third-order valence-corrected chi connectivity index (χ3v) is 3.38. The van der Waals surface area contributed by atoms with Gasteiger partial charge in [-0.2, -0.15) is 0 Å². The summed E-state index contributed by atoms with van der Waals surface area (Å²) in [5, 5.41) is 0. The molecule has 0 unspecified atom stereocenters. The second-order valence-electron chi connectivity index (χ2n) is 6.62. The first-order chi connectivity index (χ1) is 11.9. The minimum Gasteiger partial charge on any atom is -0.377 e. The number of nitrogens with zero attached hydrogens (tertiary/aromatic N) is 2. The number of carbonyl (C=O) groups excluding carboxylic acids is 2. The molecule has 0 saturated carbocycles. The van der Waals surface area contributed by atoms with E-state index in [9.17, 15) is 9.59 Å². The molecule has 0 aromatic rings. The van der Waals surface area contributed by atoms with Gasteiger partial charge in [0.05, 0.1) is 80.5 Å². The Labute approximate surface area is 149 Å². The number of hydrogen-bond donors (Lipinski definition) is 0. The first-order valence-electron chi connectivity index (χ1n) is 8.55. The molecule has 0 aliphatic carbocycles. The molecule has 0 bridgehead atoms. The molecule has 1 rings (SSSR count). The van der Waals surface area contributed by atoms with E-state index in [4.69, 9.17) is 18.9 Å². The monoisotopic (exact) mass is 359 g/mol. The second kappa shape index (κ2) is 12.1. The Bertz CT molecular complexity index is 415. The summed E-state index contributed by atoms with van der Waals surface area (Å²) in [5.41, 5.74) is 0. The van der Waals surface area contributed by atoms with Crippen LogP contribution in [0.2, 0.25) is 0 Å². The number of quaternary nitrogens is 1. The first kappa shape index (κ1) is 21.7. The molecule has 1 heterocycles. The normalized spacial score (nSPS) is 14.8. The summed E-state index contributed by atoms with van der Waals surface area (Å²) in [6.07, 6.45) is 2.53. The lowest BCUT2D eigenvalue weighted by molar-refractivity contribution is -0.870. The molecule has 25 heavy (non-hydrogen) atoms. The lowest BCUT2D eigenvalue weighted by atomic mass is 10.5. The highest BCUT2D eigenvalue weighted by Crippen LogP contribution is 2.02. The fraction of sp³-hybridized carbons (Fsp3) is 0.765. The van der Waals surface area contributed by atoms with E-state index in [1.807, 2.05) is 0 Å². The lowest BCUT2D eigenvalue weighted by Crippen LogP contribution is -2.37. The first-order valence-corrected chi connectivity index (χ1v) is 8.55. The van der Waals surface area contributed by atoms with Gasteiger partial charge in [-0.3, -0.25) is 14.5 Å². The molecule has 0 saturated heterocycles. The molecule has 0 aromatic carbocycles. The quantitative estimate of drug-likeness (QED) is 0.227. The molecule has 0 radical (unpaired) electrons. The summed E-state index contributed by atoms with van der Waals surface area (Å²) in [6, 6.07) is 0. The number of amides is 2. The van der Waals surface area contributed by atoms with E-state index in [2.05, 4.69) is 21.1 Å². The fourth-order valence-corrected chi connectivity index (χ4v) is 1.91. The summed E-state index contributed by atoms with van der Waals surface area (Å²) in [7, 11) is 6.39. The van der Waals surface area contributed by atoms with Crippen LogP contribution in [0.5, 0.6) is 0 Å². The Morgan fingerprint density at radius 2 is 1.12 bits per heavy atom. The molecule has 0 N–H and O–H groups in total. The van der Waals surface area contributed by atoms with Gasteiger partial charge < -0.3 is 23.4 Å². The minimum atomic E-state index is -0.288. The highest BCUT2D eigenvalue weighted by Gasteiger charge is 2.22. The van der Waals surface area contributed by atoms with Crippen LogP contribution in [0.4, 0.5) is 0 Å². The van der Waals surface area contributed by atoms with Gasteiger partial charge in [0, 0.05) is 12.2 Å².